The van der Waals surface area contributed by atoms with Crippen LogP contribution in [0.1, 0.15) is 49.5 Å². The molecule has 3 heterocycles. The number of aryl methyl sites for hydroxylation is 3. The average molecular weight is 404 g/mol. The molecule has 0 saturated carbocycles. The van der Waals surface area contributed by atoms with E-state index in [9.17, 15) is 4.79 Å². The Morgan fingerprint density at radius 3 is 2.96 bits per heavy atom. The maximum atomic E-state index is 13.3. The Labute approximate surface area is 167 Å². The first-order valence-electron chi connectivity index (χ1n) is 9.78. The van der Waals surface area contributed by atoms with Gasteiger partial charge >= 0.3 is 0 Å². The number of nitrogens with zero attached hydrogens (tertiary/aromatic N) is 5. The molecule has 3 aromatic heterocycles. The Bertz CT molecular complexity index is 961. The first kappa shape index (κ1) is 18.7. The summed E-state index contributed by atoms with van der Waals surface area (Å²) in [5.41, 5.74) is 1.44. The minimum Gasteiger partial charge on any atom is -0.287 e. The van der Waals surface area contributed by atoms with E-state index >= 15 is 0 Å². The van der Waals surface area contributed by atoms with Crippen LogP contribution in [0.3, 0.4) is 0 Å². The van der Waals surface area contributed by atoms with Crippen molar-refractivity contribution in [2.75, 3.05) is 5.75 Å². The van der Waals surface area contributed by atoms with E-state index in [0.717, 1.165) is 59.9 Å². The summed E-state index contributed by atoms with van der Waals surface area (Å²) in [5.74, 6) is 0.821. The van der Waals surface area contributed by atoms with Crippen LogP contribution in [0.2, 0.25) is 0 Å². The molecule has 27 heavy (non-hydrogen) atoms. The maximum absolute atomic E-state index is 13.3. The van der Waals surface area contributed by atoms with Crippen molar-refractivity contribution in [2.45, 2.75) is 70.1 Å². The Morgan fingerprint density at radius 1 is 1.22 bits per heavy atom. The molecular formula is C19H25N5OS2. The molecule has 0 amide bonds. The summed E-state index contributed by atoms with van der Waals surface area (Å²) in [7, 11) is 0. The zero-order valence-electron chi connectivity index (χ0n) is 15.7. The number of hydrogen-bond donors (Lipinski definition) is 0. The van der Waals surface area contributed by atoms with Crippen LogP contribution in [-0.4, -0.2) is 30.1 Å². The van der Waals surface area contributed by atoms with Crippen LogP contribution in [0, 0.1) is 0 Å². The van der Waals surface area contributed by atoms with E-state index in [4.69, 9.17) is 4.98 Å². The highest BCUT2D eigenvalue weighted by atomic mass is 32.2. The fourth-order valence-electron chi connectivity index (χ4n) is 3.64. The van der Waals surface area contributed by atoms with Crippen molar-refractivity contribution in [2.24, 2.45) is 0 Å². The summed E-state index contributed by atoms with van der Waals surface area (Å²) >= 11 is 3.37. The number of rotatable bonds is 9. The largest absolute Gasteiger partial charge is 0.287 e. The van der Waals surface area contributed by atoms with Gasteiger partial charge in [-0.2, -0.15) is 5.10 Å². The van der Waals surface area contributed by atoms with E-state index in [1.807, 2.05) is 9.25 Å². The van der Waals surface area contributed by atoms with Crippen molar-refractivity contribution in [3.8, 4) is 0 Å². The Hall–Kier alpha value is -1.67. The molecule has 0 unspecified atom stereocenters. The smallest absolute Gasteiger partial charge is 0.263 e. The lowest BCUT2D eigenvalue weighted by Crippen LogP contribution is -2.24. The molecule has 0 N–H and O–H groups in total. The molecule has 0 aromatic carbocycles. The van der Waals surface area contributed by atoms with Crippen molar-refractivity contribution in [3.63, 3.8) is 0 Å². The molecule has 0 aliphatic heterocycles. The number of thiophene rings is 1. The van der Waals surface area contributed by atoms with E-state index in [-0.39, 0.29) is 5.56 Å². The number of thioether (sulfide) groups is 1. The van der Waals surface area contributed by atoms with E-state index in [1.165, 1.54) is 29.7 Å². The molecule has 0 atom stereocenters. The maximum Gasteiger partial charge on any atom is 0.263 e. The molecule has 0 fully saturated rings. The molecule has 0 radical (unpaired) electrons. The molecule has 144 valence electrons. The highest BCUT2D eigenvalue weighted by Gasteiger charge is 2.23. The highest BCUT2D eigenvalue weighted by Crippen LogP contribution is 2.35. The summed E-state index contributed by atoms with van der Waals surface area (Å²) in [5, 5.41) is 5.89. The molecule has 0 bridgehead atoms. The lowest BCUT2D eigenvalue weighted by atomic mass is 10.2. The third-order valence-electron chi connectivity index (χ3n) is 5.04. The van der Waals surface area contributed by atoms with Gasteiger partial charge in [0.05, 0.1) is 11.9 Å². The van der Waals surface area contributed by atoms with Gasteiger partial charge in [-0.3, -0.25) is 14.0 Å². The highest BCUT2D eigenvalue weighted by molar-refractivity contribution is 7.99. The van der Waals surface area contributed by atoms with Gasteiger partial charge in [-0.25, -0.2) is 9.97 Å². The van der Waals surface area contributed by atoms with Crippen LogP contribution < -0.4 is 5.56 Å². The predicted octanol–water partition coefficient (Wildman–Crippen LogP) is 3.91. The lowest BCUT2D eigenvalue weighted by molar-refractivity contribution is 0.531. The van der Waals surface area contributed by atoms with Gasteiger partial charge in [-0.1, -0.05) is 37.9 Å². The monoisotopic (exact) mass is 403 g/mol. The van der Waals surface area contributed by atoms with Crippen LogP contribution in [0.5, 0.6) is 0 Å². The van der Waals surface area contributed by atoms with Gasteiger partial charge in [0.25, 0.3) is 5.56 Å². The molecule has 0 spiro atoms. The van der Waals surface area contributed by atoms with Crippen LogP contribution in [-0.2, 0) is 25.9 Å². The minimum atomic E-state index is 0.166. The average Bonchev–Trinajstić information content (AvgIpc) is 3.37. The molecular weight excluding hydrogens is 378 g/mol. The fraction of sp³-hybridized carbons (Fsp3) is 0.579. The zero-order valence-corrected chi connectivity index (χ0v) is 17.3. The summed E-state index contributed by atoms with van der Waals surface area (Å²) in [6, 6.07) is 0. The van der Waals surface area contributed by atoms with Gasteiger partial charge in [-0.05, 0) is 31.2 Å². The van der Waals surface area contributed by atoms with Crippen LogP contribution in [0.4, 0.5) is 0 Å². The molecule has 1 aliphatic rings. The topological polar surface area (TPSA) is 65.6 Å². The standard InChI is InChI=1S/C19H25N5OS2/c1-2-3-4-5-9-24-18(25)16-14-7-6-8-15(14)27-17(16)22-19(24)26-11-10-23-13-20-12-21-23/h12-13H,2-11H2,1H3. The fourth-order valence-corrected chi connectivity index (χ4v) is 5.90. The van der Waals surface area contributed by atoms with Crippen molar-refractivity contribution in [3.05, 3.63) is 33.4 Å². The molecule has 8 heteroatoms. The Kier molecular flexibility index (Phi) is 5.92. The van der Waals surface area contributed by atoms with Crippen LogP contribution >= 0.6 is 23.1 Å². The minimum absolute atomic E-state index is 0.166. The second-order valence-electron chi connectivity index (χ2n) is 6.96. The normalized spacial score (nSPS) is 13.5. The summed E-state index contributed by atoms with van der Waals surface area (Å²) in [6.07, 6.45) is 11.2. The van der Waals surface area contributed by atoms with E-state index in [2.05, 4.69) is 17.0 Å². The third kappa shape index (κ3) is 3.96. The molecule has 3 aromatic rings. The summed E-state index contributed by atoms with van der Waals surface area (Å²) in [4.78, 5) is 24.5. The van der Waals surface area contributed by atoms with Gasteiger partial charge < -0.3 is 0 Å². The van der Waals surface area contributed by atoms with Crippen molar-refractivity contribution >= 4 is 33.3 Å². The number of aromatic nitrogens is 5. The number of fused-ring (bicyclic) bond motifs is 3. The quantitative estimate of drug-likeness (QED) is 0.308. The van der Waals surface area contributed by atoms with Gasteiger partial charge in [0.2, 0.25) is 0 Å². The molecule has 1 aliphatic carbocycles. The second-order valence-corrected chi connectivity index (χ2v) is 9.10. The van der Waals surface area contributed by atoms with Crippen molar-refractivity contribution in [1.29, 1.82) is 0 Å². The SMILES string of the molecule is CCCCCCn1c(SCCn2cncn2)nc2sc3c(c2c1=O)CCC3. The zero-order chi connectivity index (χ0) is 18.6. The Balaban J connectivity index is 1.61. The lowest BCUT2D eigenvalue weighted by Gasteiger charge is -2.12. The van der Waals surface area contributed by atoms with Crippen molar-refractivity contribution in [1.82, 2.24) is 24.3 Å². The van der Waals surface area contributed by atoms with Gasteiger partial charge in [0, 0.05) is 17.2 Å². The summed E-state index contributed by atoms with van der Waals surface area (Å²) < 4.78 is 3.74. The van der Waals surface area contributed by atoms with Crippen molar-refractivity contribution < 1.29 is 0 Å². The third-order valence-corrected chi connectivity index (χ3v) is 7.19. The first-order chi connectivity index (χ1) is 13.3. The molecule has 0 saturated heterocycles. The van der Waals surface area contributed by atoms with Gasteiger partial charge in [-0.15, -0.1) is 11.3 Å². The summed E-state index contributed by atoms with van der Waals surface area (Å²) in [6.45, 7) is 3.73. The second kappa shape index (κ2) is 8.56. The number of hydrogen-bond acceptors (Lipinski definition) is 6. The van der Waals surface area contributed by atoms with E-state index in [0.29, 0.717) is 0 Å². The Morgan fingerprint density at radius 2 is 2.15 bits per heavy atom. The predicted molar refractivity (Wildman–Crippen MR) is 111 cm³/mol. The van der Waals surface area contributed by atoms with E-state index in [1.54, 1.807) is 35.8 Å². The van der Waals surface area contributed by atoms with E-state index < -0.39 is 0 Å². The van der Waals surface area contributed by atoms with Gasteiger partial charge in [0.1, 0.15) is 17.5 Å². The van der Waals surface area contributed by atoms with Gasteiger partial charge in [0.15, 0.2) is 5.16 Å². The first-order valence-corrected chi connectivity index (χ1v) is 11.6. The number of unbranched alkanes of at least 4 members (excludes halogenated alkanes) is 3. The van der Waals surface area contributed by atoms with Crippen LogP contribution in [0.25, 0.3) is 10.2 Å². The molecule has 6 nitrogen and oxygen atoms in total. The van der Waals surface area contributed by atoms with Crippen LogP contribution in [0.15, 0.2) is 22.6 Å². The molecule has 4 rings (SSSR count).